The molecule has 3 N–H and O–H groups in total. The van der Waals surface area contributed by atoms with E-state index in [1.54, 1.807) is 13.0 Å². The number of fused-ring (bicyclic) bond motifs is 1. The number of H-pyrrole nitrogens is 1. The molecule has 0 amide bonds. The fourth-order valence-corrected chi connectivity index (χ4v) is 4.13. The standard InChI is InChI=1S/C25H26N4O4/c1-15-6-3-7-17-11-12-18(14-20(15)17)19-8-4-9-21(24(19)32)26-27-23-16(2)28-29(25(23)33)13-5-10-22(30)31/h3-4,6-9,14,28,32H,5,10-13H2,1-2H3,(H,30,31). The van der Waals surface area contributed by atoms with Crippen LogP contribution in [0.5, 0.6) is 5.75 Å². The molecule has 4 rings (SSSR count). The summed E-state index contributed by atoms with van der Waals surface area (Å²) in [6.45, 7) is 4.03. The summed E-state index contributed by atoms with van der Waals surface area (Å²) in [5, 5.41) is 30.8. The predicted octanol–water partition coefficient (Wildman–Crippen LogP) is 5.27. The van der Waals surface area contributed by atoms with Gasteiger partial charge in [-0.1, -0.05) is 36.4 Å². The summed E-state index contributed by atoms with van der Waals surface area (Å²) in [4.78, 5) is 23.3. The number of phenols is 1. The molecule has 1 heterocycles. The Bertz CT molecular complexity index is 1330. The van der Waals surface area contributed by atoms with Crippen LogP contribution in [0.3, 0.4) is 0 Å². The van der Waals surface area contributed by atoms with Crippen LogP contribution in [0, 0.1) is 13.8 Å². The van der Waals surface area contributed by atoms with Crippen molar-refractivity contribution in [2.75, 3.05) is 0 Å². The third-order valence-corrected chi connectivity index (χ3v) is 5.89. The van der Waals surface area contributed by atoms with Crippen molar-refractivity contribution in [1.29, 1.82) is 0 Å². The average Bonchev–Trinajstić information content (AvgIpc) is 3.05. The van der Waals surface area contributed by atoms with E-state index in [1.807, 2.05) is 12.1 Å². The summed E-state index contributed by atoms with van der Waals surface area (Å²) in [5.41, 5.74) is 5.99. The molecule has 0 unspecified atom stereocenters. The summed E-state index contributed by atoms with van der Waals surface area (Å²) in [6, 6.07) is 11.6. The van der Waals surface area contributed by atoms with Crippen LogP contribution in [0.4, 0.5) is 11.4 Å². The number of carboxylic acid groups (broad SMARTS) is 1. The summed E-state index contributed by atoms with van der Waals surface area (Å²) in [6.07, 6.45) is 4.13. The van der Waals surface area contributed by atoms with Gasteiger partial charge in [0.2, 0.25) is 0 Å². The third-order valence-electron chi connectivity index (χ3n) is 5.89. The number of nitrogens with one attached hydrogen (secondary N) is 1. The van der Waals surface area contributed by atoms with E-state index < -0.39 is 5.97 Å². The number of aromatic amines is 1. The molecular formula is C25H26N4O4. The minimum atomic E-state index is -0.909. The second-order valence-corrected chi connectivity index (χ2v) is 8.23. The number of hydrogen-bond acceptors (Lipinski definition) is 5. The topological polar surface area (TPSA) is 120 Å². The maximum absolute atomic E-state index is 12.6. The number of aryl methyl sites for hydroxylation is 4. The molecule has 3 aromatic rings. The van der Waals surface area contributed by atoms with Crippen LogP contribution in [0.15, 0.2) is 51.4 Å². The second-order valence-electron chi connectivity index (χ2n) is 8.23. The molecule has 0 spiro atoms. The van der Waals surface area contributed by atoms with E-state index in [0.717, 1.165) is 18.4 Å². The zero-order chi connectivity index (χ0) is 23.5. The first-order chi connectivity index (χ1) is 15.8. The van der Waals surface area contributed by atoms with Crippen molar-refractivity contribution < 1.29 is 15.0 Å². The predicted molar refractivity (Wildman–Crippen MR) is 126 cm³/mol. The maximum Gasteiger partial charge on any atom is 0.303 e. The van der Waals surface area contributed by atoms with Gasteiger partial charge >= 0.3 is 5.97 Å². The Hall–Kier alpha value is -3.94. The van der Waals surface area contributed by atoms with E-state index in [1.165, 1.54) is 21.4 Å². The number of benzene rings is 2. The molecule has 8 heteroatoms. The largest absolute Gasteiger partial charge is 0.505 e. The molecule has 1 aliphatic carbocycles. The molecule has 0 fully saturated rings. The van der Waals surface area contributed by atoms with Crippen LogP contribution in [0.25, 0.3) is 11.6 Å². The number of hydrogen-bond donors (Lipinski definition) is 3. The number of para-hydroxylation sites is 1. The highest BCUT2D eigenvalue weighted by atomic mass is 16.4. The van der Waals surface area contributed by atoms with Crippen LogP contribution in [-0.2, 0) is 17.8 Å². The van der Waals surface area contributed by atoms with Crippen LogP contribution in [0.2, 0.25) is 0 Å². The zero-order valence-electron chi connectivity index (χ0n) is 18.6. The minimum absolute atomic E-state index is 0.0259. The van der Waals surface area contributed by atoms with Crippen LogP contribution in [-0.4, -0.2) is 26.0 Å². The smallest absolute Gasteiger partial charge is 0.303 e. The molecule has 0 saturated heterocycles. The molecule has 0 atom stereocenters. The Morgan fingerprint density at radius 3 is 2.70 bits per heavy atom. The Balaban J connectivity index is 1.61. The van der Waals surface area contributed by atoms with Crippen LogP contribution in [0.1, 0.15) is 47.2 Å². The highest BCUT2D eigenvalue weighted by Crippen LogP contribution is 2.40. The first-order valence-corrected chi connectivity index (χ1v) is 10.9. The number of phenolic OH excluding ortho intramolecular Hbond substituents is 1. The van der Waals surface area contributed by atoms with Gasteiger partial charge < -0.3 is 10.2 Å². The van der Waals surface area contributed by atoms with Gasteiger partial charge in [-0.25, -0.2) is 0 Å². The summed E-state index contributed by atoms with van der Waals surface area (Å²) in [5.74, 6) is -0.882. The van der Waals surface area contributed by atoms with Gasteiger partial charge in [-0.15, -0.1) is 10.2 Å². The molecule has 2 aromatic carbocycles. The molecule has 0 aliphatic heterocycles. The van der Waals surface area contributed by atoms with E-state index in [2.05, 4.69) is 46.5 Å². The highest BCUT2D eigenvalue weighted by Gasteiger charge is 2.17. The SMILES string of the molecule is Cc1cccc2c1C=C(c1cccc(N=Nc3c(C)[nH]n(CCCC(=O)O)c3=O)c1O)CC2. The summed E-state index contributed by atoms with van der Waals surface area (Å²) < 4.78 is 1.33. The number of aromatic nitrogens is 2. The maximum atomic E-state index is 12.6. The number of carbonyl (C=O) groups is 1. The van der Waals surface area contributed by atoms with Gasteiger partial charge in [0.05, 0.1) is 5.69 Å². The number of aromatic hydroxyl groups is 1. The van der Waals surface area contributed by atoms with Crippen molar-refractivity contribution in [2.45, 2.75) is 46.1 Å². The number of azo groups is 1. The van der Waals surface area contributed by atoms with Gasteiger partial charge in [0.25, 0.3) is 5.56 Å². The summed E-state index contributed by atoms with van der Waals surface area (Å²) in [7, 11) is 0. The normalized spacial score (nSPS) is 13.2. The van der Waals surface area contributed by atoms with Gasteiger partial charge in [-0.05, 0) is 61.4 Å². The van der Waals surface area contributed by atoms with Gasteiger partial charge in [0, 0.05) is 18.5 Å². The van der Waals surface area contributed by atoms with E-state index in [9.17, 15) is 14.7 Å². The number of allylic oxidation sites excluding steroid dienone is 1. The quantitative estimate of drug-likeness (QED) is 0.428. The molecule has 1 aliphatic rings. The number of nitrogens with zero attached hydrogens (tertiary/aromatic N) is 3. The second kappa shape index (κ2) is 9.28. The Morgan fingerprint density at radius 2 is 1.91 bits per heavy atom. The first kappa shape index (κ1) is 22.3. The van der Waals surface area contributed by atoms with Gasteiger partial charge in [0.15, 0.2) is 11.4 Å². The lowest BCUT2D eigenvalue weighted by Gasteiger charge is -2.19. The van der Waals surface area contributed by atoms with Crippen LogP contribution >= 0.6 is 0 Å². The average molecular weight is 447 g/mol. The first-order valence-electron chi connectivity index (χ1n) is 10.9. The van der Waals surface area contributed by atoms with Crippen molar-refractivity contribution in [3.63, 3.8) is 0 Å². The van der Waals surface area contributed by atoms with Crippen molar-refractivity contribution in [1.82, 2.24) is 9.78 Å². The fourth-order valence-electron chi connectivity index (χ4n) is 4.13. The molecule has 0 bridgehead atoms. The molecule has 0 radical (unpaired) electrons. The van der Waals surface area contributed by atoms with Crippen molar-refractivity contribution in [3.8, 4) is 5.75 Å². The van der Waals surface area contributed by atoms with Gasteiger partial charge in [0.1, 0.15) is 5.69 Å². The lowest BCUT2D eigenvalue weighted by Crippen LogP contribution is -2.17. The van der Waals surface area contributed by atoms with E-state index in [-0.39, 0.29) is 35.6 Å². The van der Waals surface area contributed by atoms with Gasteiger partial charge in [-0.3, -0.25) is 19.4 Å². The molecule has 8 nitrogen and oxygen atoms in total. The van der Waals surface area contributed by atoms with Crippen molar-refractivity contribution in [3.05, 3.63) is 74.7 Å². The Kier molecular flexibility index (Phi) is 6.26. The Morgan fingerprint density at radius 1 is 1.12 bits per heavy atom. The number of aliphatic carboxylic acids is 1. The van der Waals surface area contributed by atoms with Crippen LogP contribution < -0.4 is 5.56 Å². The van der Waals surface area contributed by atoms with E-state index in [0.29, 0.717) is 17.7 Å². The van der Waals surface area contributed by atoms with Crippen molar-refractivity contribution >= 4 is 29.0 Å². The summed E-state index contributed by atoms with van der Waals surface area (Å²) >= 11 is 0. The molecule has 0 saturated carbocycles. The minimum Gasteiger partial charge on any atom is -0.505 e. The molecular weight excluding hydrogens is 420 g/mol. The monoisotopic (exact) mass is 446 g/mol. The van der Waals surface area contributed by atoms with E-state index >= 15 is 0 Å². The number of carboxylic acids is 1. The van der Waals surface area contributed by atoms with Crippen molar-refractivity contribution in [2.24, 2.45) is 10.2 Å². The fraction of sp³-hybridized carbons (Fsp3) is 0.280. The highest BCUT2D eigenvalue weighted by molar-refractivity contribution is 5.88. The zero-order valence-corrected chi connectivity index (χ0v) is 18.6. The molecule has 1 aromatic heterocycles. The molecule has 33 heavy (non-hydrogen) atoms. The lowest BCUT2D eigenvalue weighted by atomic mass is 9.86. The lowest BCUT2D eigenvalue weighted by molar-refractivity contribution is -0.137. The van der Waals surface area contributed by atoms with Gasteiger partial charge in [-0.2, -0.15) is 0 Å². The molecule has 170 valence electrons. The number of rotatable bonds is 7. The third kappa shape index (κ3) is 4.64. The van der Waals surface area contributed by atoms with E-state index in [4.69, 9.17) is 5.11 Å². The Labute approximate surface area is 190 Å².